The number of nitrogens with zero attached hydrogens (tertiary/aromatic N) is 1. The van der Waals surface area contributed by atoms with Crippen molar-refractivity contribution in [1.29, 1.82) is 0 Å². The summed E-state index contributed by atoms with van der Waals surface area (Å²) >= 11 is 1.28. The number of amides is 2. The molecule has 4 N–H and O–H groups in total. The van der Waals surface area contributed by atoms with Gasteiger partial charge in [0.1, 0.15) is 0 Å². The van der Waals surface area contributed by atoms with E-state index in [1.165, 1.54) is 17.7 Å². The standard InChI is InChI=1S/C11H12N4O3S/c16-10(17)9(8-2-1-3-19-8)15-11(18)13-5-7-4-12-6-14-7/h1-4,6,9H,5H2,(H,12,14)(H,16,17)(H2,13,15,18). The molecule has 0 aromatic carbocycles. The average Bonchev–Trinajstić information content (AvgIpc) is 3.05. The minimum absolute atomic E-state index is 0.253. The van der Waals surface area contributed by atoms with Crippen LogP contribution < -0.4 is 10.6 Å². The summed E-state index contributed by atoms with van der Waals surface area (Å²) < 4.78 is 0. The van der Waals surface area contributed by atoms with Gasteiger partial charge < -0.3 is 20.7 Å². The Bertz CT molecular complexity index is 538. The molecule has 0 fully saturated rings. The number of hydrogen-bond donors (Lipinski definition) is 4. The van der Waals surface area contributed by atoms with E-state index in [-0.39, 0.29) is 6.54 Å². The quantitative estimate of drug-likeness (QED) is 0.657. The van der Waals surface area contributed by atoms with Crippen LogP contribution in [0.3, 0.4) is 0 Å². The number of aromatic nitrogens is 2. The molecule has 19 heavy (non-hydrogen) atoms. The molecule has 0 aliphatic rings. The molecular weight excluding hydrogens is 268 g/mol. The van der Waals surface area contributed by atoms with Gasteiger partial charge in [-0.15, -0.1) is 11.3 Å². The normalized spacial score (nSPS) is 11.8. The Morgan fingerprint density at radius 2 is 2.37 bits per heavy atom. The topological polar surface area (TPSA) is 107 Å². The number of carboxylic acids is 1. The third-order valence-electron chi connectivity index (χ3n) is 2.34. The molecule has 100 valence electrons. The second-order valence-electron chi connectivity index (χ2n) is 3.69. The zero-order valence-electron chi connectivity index (χ0n) is 9.79. The lowest BCUT2D eigenvalue weighted by Crippen LogP contribution is -2.40. The van der Waals surface area contributed by atoms with E-state index in [1.807, 2.05) is 0 Å². The molecule has 0 aliphatic heterocycles. The number of rotatable bonds is 5. The molecule has 0 saturated carbocycles. The van der Waals surface area contributed by atoms with Crippen molar-refractivity contribution in [2.45, 2.75) is 12.6 Å². The van der Waals surface area contributed by atoms with Gasteiger partial charge in [0.15, 0.2) is 6.04 Å². The van der Waals surface area contributed by atoms with Crippen LogP contribution in [0.15, 0.2) is 30.0 Å². The van der Waals surface area contributed by atoms with Crippen molar-refractivity contribution in [1.82, 2.24) is 20.6 Å². The van der Waals surface area contributed by atoms with Gasteiger partial charge in [-0.2, -0.15) is 0 Å². The number of carbonyl (C=O) groups is 2. The van der Waals surface area contributed by atoms with Crippen LogP contribution in [0.5, 0.6) is 0 Å². The van der Waals surface area contributed by atoms with Gasteiger partial charge in [0, 0.05) is 11.1 Å². The largest absolute Gasteiger partial charge is 0.479 e. The van der Waals surface area contributed by atoms with Crippen LogP contribution >= 0.6 is 11.3 Å². The highest BCUT2D eigenvalue weighted by Crippen LogP contribution is 2.18. The summed E-state index contributed by atoms with van der Waals surface area (Å²) in [6, 6.07) is 1.82. The maximum atomic E-state index is 11.6. The summed E-state index contributed by atoms with van der Waals surface area (Å²) in [5.41, 5.74) is 0.734. The van der Waals surface area contributed by atoms with E-state index in [1.54, 1.807) is 23.7 Å². The highest BCUT2D eigenvalue weighted by Gasteiger charge is 2.22. The predicted octanol–water partition coefficient (Wildman–Crippen LogP) is 1.10. The Hall–Kier alpha value is -2.35. The Morgan fingerprint density at radius 1 is 1.53 bits per heavy atom. The number of urea groups is 1. The second-order valence-corrected chi connectivity index (χ2v) is 4.67. The first-order valence-corrected chi connectivity index (χ1v) is 6.32. The number of carbonyl (C=O) groups excluding carboxylic acids is 1. The fourth-order valence-corrected chi connectivity index (χ4v) is 2.22. The average molecular weight is 280 g/mol. The Morgan fingerprint density at radius 3 is 2.95 bits per heavy atom. The Labute approximate surface area is 112 Å². The molecule has 0 aliphatic carbocycles. The lowest BCUT2D eigenvalue weighted by Gasteiger charge is -2.13. The fraction of sp³-hybridized carbons (Fsp3) is 0.182. The van der Waals surface area contributed by atoms with Gasteiger partial charge in [0.05, 0.1) is 18.6 Å². The van der Waals surface area contributed by atoms with E-state index >= 15 is 0 Å². The number of thiophene rings is 1. The highest BCUT2D eigenvalue weighted by molar-refractivity contribution is 7.10. The summed E-state index contributed by atoms with van der Waals surface area (Å²) in [5, 5.41) is 15.8. The van der Waals surface area contributed by atoms with Crippen molar-refractivity contribution < 1.29 is 14.7 Å². The van der Waals surface area contributed by atoms with E-state index in [9.17, 15) is 9.59 Å². The van der Waals surface area contributed by atoms with Gasteiger partial charge in [-0.1, -0.05) is 6.07 Å². The van der Waals surface area contributed by atoms with Crippen molar-refractivity contribution in [3.05, 3.63) is 40.6 Å². The van der Waals surface area contributed by atoms with Crippen molar-refractivity contribution >= 4 is 23.3 Å². The van der Waals surface area contributed by atoms with E-state index < -0.39 is 18.0 Å². The molecule has 1 atom stereocenters. The summed E-state index contributed by atoms with van der Waals surface area (Å²) in [5.74, 6) is -1.10. The zero-order valence-corrected chi connectivity index (χ0v) is 10.6. The van der Waals surface area contributed by atoms with Gasteiger partial charge >= 0.3 is 12.0 Å². The molecule has 2 aromatic rings. The number of nitrogens with one attached hydrogen (secondary N) is 3. The molecule has 8 heteroatoms. The van der Waals surface area contributed by atoms with Crippen LogP contribution in [0.1, 0.15) is 16.6 Å². The van der Waals surface area contributed by atoms with E-state index in [0.29, 0.717) is 4.88 Å². The monoisotopic (exact) mass is 280 g/mol. The minimum atomic E-state index is -1.10. The van der Waals surface area contributed by atoms with Crippen molar-refractivity contribution in [3.63, 3.8) is 0 Å². The number of imidazole rings is 1. The van der Waals surface area contributed by atoms with E-state index in [2.05, 4.69) is 20.6 Å². The lowest BCUT2D eigenvalue weighted by atomic mass is 10.2. The third-order valence-corrected chi connectivity index (χ3v) is 3.28. The molecule has 2 rings (SSSR count). The molecule has 7 nitrogen and oxygen atoms in total. The summed E-state index contributed by atoms with van der Waals surface area (Å²) in [6.45, 7) is 0.253. The van der Waals surface area contributed by atoms with Gasteiger partial charge in [-0.3, -0.25) is 0 Å². The number of aromatic amines is 1. The van der Waals surface area contributed by atoms with Crippen LogP contribution in [0, 0.1) is 0 Å². The molecular formula is C11H12N4O3S. The summed E-state index contributed by atoms with van der Waals surface area (Å²) in [7, 11) is 0. The third kappa shape index (κ3) is 3.55. The molecule has 2 aromatic heterocycles. The van der Waals surface area contributed by atoms with Crippen molar-refractivity contribution in [2.75, 3.05) is 0 Å². The van der Waals surface area contributed by atoms with Gasteiger partial charge in [0.2, 0.25) is 0 Å². The van der Waals surface area contributed by atoms with Gasteiger partial charge in [-0.25, -0.2) is 14.6 Å². The van der Waals surface area contributed by atoms with Gasteiger partial charge in [-0.05, 0) is 11.4 Å². The van der Waals surface area contributed by atoms with Crippen LogP contribution in [0.2, 0.25) is 0 Å². The number of carboxylic acid groups (broad SMARTS) is 1. The van der Waals surface area contributed by atoms with Crippen LogP contribution in [-0.4, -0.2) is 27.1 Å². The molecule has 0 saturated heterocycles. The first kappa shape index (κ1) is 13.1. The Kier molecular flexibility index (Phi) is 4.14. The zero-order chi connectivity index (χ0) is 13.7. The maximum Gasteiger partial charge on any atom is 0.331 e. The number of H-pyrrole nitrogens is 1. The van der Waals surface area contributed by atoms with E-state index in [4.69, 9.17) is 5.11 Å². The summed E-state index contributed by atoms with van der Waals surface area (Å²) in [6.07, 6.45) is 3.08. The van der Waals surface area contributed by atoms with Crippen LogP contribution in [-0.2, 0) is 11.3 Å². The molecule has 0 radical (unpaired) electrons. The van der Waals surface area contributed by atoms with Crippen LogP contribution in [0.25, 0.3) is 0 Å². The molecule has 2 heterocycles. The fourth-order valence-electron chi connectivity index (χ4n) is 1.45. The van der Waals surface area contributed by atoms with Gasteiger partial charge in [0.25, 0.3) is 0 Å². The van der Waals surface area contributed by atoms with Crippen molar-refractivity contribution in [3.8, 4) is 0 Å². The molecule has 0 bridgehead atoms. The minimum Gasteiger partial charge on any atom is -0.479 e. The molecule has 2 amide bonds. The maximum absolute atomic E-state index is 11.6. The van der Waals surface area contributed by atoms with Crippen LogP contribution in [0.4, 0.5) is 4.79 Å². The lowest BCUT2D eigenvalue weighted by molar-refractivity contribution is -0.139. The number of aliphatic carboxylic acids is 1. The van der Waals surface area contributed by atoms with Crippen molar-refractivity contribution in [2.24, 2.45) is 0 Å². The predicted molar refractivity (Wildman–Crippen MR) is 68.7 cm³/mol. The molecule has 0 spiro atoms. The first-order chi connectivity index (χ1) is 9.16. The van der Waals surface area contributed by atoms with E-state index in [0.717, 1.165) is 5.69 Å². The SMILES string of the molecule is O=C(NCc1cnc[nH]1)NC(C(=O)O)c1cccs1. The highest BCUT2D eigenvalue weighted by atomic mass is 32.1. The second kappa shape index (κ2) is 6.01. The Balaban J connectivity index is 1.90. The first-order valence-electron chi connectivity index (χ1n) is 5.44. The summed E-state index contributed by atoms with van der Waals surface area (Å²) in [4.78, 5) is 30.0. The number of hydrogen-bond acceptors (Lipinski definition) is 4. The smallest absolute Gasteiger partial charge is 0.331 e. The molecule has 1 unspecified atom stereocenters.